The first-order valence-electron chi connectivity index (χ1n) is 6.35. The molecule has 1 heterocycles. The van der Waals surface area contributed by atoms with Crippen LogP contribution in [0.25, 0.3) is 0 Å². The Kier molecular flexibility index (Phi) is 4.68. The highest BCUT2D eigenvalue weighted by Crippen LogP contribution is 2.19. The van der Waals surface area contributed by atoms with Crippen molar-refractivity contribution >= 4 is 19.9 Å². The molecule has 0 aliphatic carbocycles. The second-order valence-corrected chi connectivity index (χ2v) is 8.83. The molecule has 21 heavy (non-hydrogen) atoms. The maximum absolute atomic E-state index is 12.5. The SMILES string of the molecule is NCC#Cc1cccc(S(=O)(=O)N2CCS(=O)(=O)CC2)c1. The lowest BCUT2D eigenvalue weighted by Crippen LogP contribution is -2.43. The molecule has 0 amide bonds. The van der Waals surface area contributed by atoms with Crippen LogP contribution < -0.4 is 5.73 Å². The highest BCUT2D eigenvalue weighted by molar-refractivity contribution is 7.92. The minimum atomic E-state index is -3.69. The van der Waals surface area contributed by atoms with Gasteiger partial charge in [-0.05, 0) is 18.2 Å². The molecule has 1 saturated heterocycles. The van der Waals surface area contributed by atoms with Crippen LogP contribution in [0.5, 0.6) is 0 Å². The number of rotatable bonds is 2. The molecule has 0 atom stereocenters. The van der Waals surface area contributed by atoms with Crippen molar-refractivity contribution in [2.24, 2.45) is 5.73 Å². The molecule has 6 nitrogen and oxygen atoms in total. The number of benzene rings is 1. The van der Waals surface area contributed by atoms with Crippen LogP contribution in [-0.4, -0.2) is 52.3 Å². The van der Waals surface area contributed by atoms with E-state index in [0.717, 1.165) is 0 Å². The summed E-state index contributed by atoms with van der Waals surface area (Å²) in [5.74, 6) is 5.16. The van der Waals surface area contributed by atoms with E-state index in [1.165, 1.54) is 16.4 Å². The lowest BCUT2D eigenvalue weighted by Gasteiger charge is -2.25. The van der Waals surface area contributed by atoms with Gasteiger partial charge < -0.3 is 5.73 Å². The first-order chi connectivity index (χ1) is 9.85. The maximum Gasteiger partial charge on any atom is 0.243 e. The molecule has 0 aromatic heterocycles. The number of nitrogens with zero attached hydrogens (tertiary/aromatic N) is 1. The molecule has 0 spiro atoms. The summed E-state index contributed by atoms with van der Waals surface area (Å²) >= 11 is 0. The molecule has 2 N–H and O–H groups in total. The van der Waals surface area contributed by atoms with E-state index in [1.54, 1.807) is 12.1 Å². The normalized spacial score (nSPS) is 18.7. The molecule has 0 bridgehead atoms. The molecule has 1 fully saturated rings. The minimum Gasteiger partial charge on any atom is -0.320 e. The second-order valence-electron chi connectivity index (χ2n) is 4.59. The van der Waals surface area contributed by atoms with Crippen LogP contribution in [0.15, 0.2) is 29.2 Å². The van der Waals surface area contributed by atoms with Gasteiger partial charge in [0.05, 0.1) is 22.9 Å². The molecule has 1 aromatic carbocycles. The fraction of sp³-hybridized carbons (Fsp3) is 0.385. The highest BCUT2D eigenvalue weighted by atomic mass is 32.2. The van der Waals surface area contributed by atoms with Crippen molar-refractivity contribution < 1.29 is 16.8 Å². The van der Waals surface area contributed by atoms with E-state index in [1.807, 2.05) is 0 Å². The lowest BCUT2D eigenvalue weighted by molar-refractivity contribution is 0.431. The predicted molar refractivity (Wildman–Crippen MR) is 79.8 cm³/mol. The van der Waals surface area contributed by atoms with Crippen molar-refractivity contribution in [2.45, 2.75) is 4.90 Å². The van der Waals surface area contributed by atoms with E-state index >= 15 is 0 Å². The van der Waals surface area contributed by atoms with Crippen molar-refractivity contribution in [3.63, 3.8) is 0 Å². The maximum atomic E-state index is 12.5. The zero-order valence-corrected chi connectivity index (χ0v) is 13.0. The molecular weight excluding hydrogens is 312 g/mol. The fourth-order valence-corrected chi connectivity index (χ4v) is 4.89. The minimum absolute atomic E-state index is 0.0105. The Balaban J connectivity index is 2.28. The molecule has 114 valence electrons. The van der Waals surface area contributed by atoms with Crippen molar-refractivity contribution in [3.8, 4) is 11.8 Å². The second kappa shape index (κ2) is 6.15. The van der Waals surface area contributed by atoms with Crippen LogP contribution in [0.2, 0.25) is 0 Å². The Bertz CT molecular complexity index is 775. The largest absolute Gasteiger partial charge is 0.320 e. The van der Waals surface area contributed by atoms with Crippen molar-refractivity contribution in [1.29, 1.82) is 0 Å². The summed E-state index contributed by atoms with van der Waals surface area (Å²) in [6.45, 7) is 0.174. The Morgan fingerprint density at radius 1 is 1.24 bits per heavy atom. The molecule has 2 rings (SSSR count). The zero-order valence-electron chi connectivity index (χ0n) is 11.3. The third kappa shape index (κ3) is 3.83. The number of sulfone groups is 1. The number of nitrogens with two attached hydrogens (primary N) is 1. The van der Waals surface area contributed by atoms with Crippen molar-refractivity contribution in [1.82, 2.24) is 4.31 Å². The van der Waals surface area contributed by atoms with Gasteiger partial charge in [-0.25, -0.2) is 16.8 Å². The Morgan fingerprint density at radius 2 is 1.90 bits per heavy atom. The lowest BCUT2D eigenvalue weighted by atomic mass is 10.2. The van der Waals surface area contributed by atoms with E-state index in [4.69, 9.17) is 5.73 Å². The van der Waals surface area contributed by atoms with Crippen molar-refractivity contribution in [3.05, 3.63) is 29.8 Å². The Hall–Kier alpha value is -1.40. The number of hydrogen-bond acceptors (Lipinski definition) is 5. The van der Waals surface area contributed by atoms with E-state index in [0.29, 0.717) is 5.56 Å². The van der Waals surface area contributed by atoms with E-state index in [9.17, 15) is 16.8 Å². The van der Waals surface area contributed by atoms with Crippen LogP contribution in [0.4, 0.5) is 0 Å². The third-order valence-corrected chi connectivity index (χ3v) is 6.61. The summed E-state index contributed by atoms with van der Waals surface area (Å²) in [7, 11) is -6.81. The topological polar surface area (TPSA) is 97.5 Å². The predicted octanol–water partition coefficient (Wildman–Crippen LogP) is -0.584. The van der Waals surface area contributed by atoms with Gasteiger partial charge in [0, 0.05) is 18.7 Å². The van der Waals surface area contributed by atoms with Crippen LogP contribution in [0.1, 0.15) is 5.56 Å². The van der Waals surface area contributed by atoms with Gasteiger partial charge in [0.25, 0.3) is 0 Å². The smallest absolute Gasteiger partial charge is 0.243 e. The van der Waals surface area contributed by atoms with Gasteiger partial charge in [0.1, 0.15) is 0 Å². The van der Waals surface area contributed by atoms with Crippen LogP contribution in [0, 0.1) is 11.8 Å². The molecule has 1 aliphatic heterocycles. The summed E-state index contributed by atoms with van der Waals surface area (Å²) in [5.41, 5.74) is 5.85. The van der Waals surface area contributed by atoms with E-state index in [2.05, 4.69) is 11.8 Å². The molecule has 0 radical (unpaired) electrons. The standard InChI is InChI=1S/C13H16N2O4S2/c14-6-2-4-12-3-1-5-13(11-12)21(18,19)15-7-9-20(16,17)10-8-15/h1,3,5,11H,6-10,14H2. The van der Waals surface area contributed by atoms with Crippen LogP contribution in [-0.2, 0) is 19.9 Å². The average molecular weight is 328 g/mol. The highest BCUT2D eigenvalue weighted by Gasteiger charge is 2.31. The van der Waals surface area contributed by atoms with Gasteiger partial charge >= 0.3 is 0 Å². The van der Waals surface area contributed by atoms with Gasteiger partial charge in [-0.15, -0.1) is 0 Å². The molecule has 1 aromatic rings. The van der Waals surface area contributed by atoms with Gasteiger partial charge in [-0.2, -0.15) is 4.31 Å². The van der Waals surface area contributed by atoms with Gasteiger partial charge in [0.2, 0.25) is 10.0 Å². The van der Waals surface area contributed by atoms with Crippen LogP contribution >= 0.6 is 0 Å². The first-order valence-corrected chi connectivity index (χ1v) is 9.61. The summed E-state index contributed by atoms with van der Waals surface area (Å²) in [6.07, 6.45) is 0. The average Bonchev–Trinajstić information content (AvgIpc) is 2.45. The third-order valence-electron chi connectivity index (χ3n) is 3.11. The summed E-state index contributed by atoms with van der Waals surface area (Å²) in [4.78, 5) is 0.116. The Morgan fingerprint density at radius 3 is 2.52 bits per heavy atom. The summed E-state index contributed by atoms with van der Waals surface area (Å²) in [6, 6.07) is 6.25. The first kappa shape index (κ1) is 16.0. The van der Waals surface area contributed by atoms with E-state index in [-0.39, 0.29) is 36.0 Å². The molecule has 0 unspecified atom stereocenters. The molecule has 8 heteroatoms. The summed E-state index contributed by atoms with van der Waals surface area (Å²) < 4.78 is 48.9. The van der Waals surface area contributed by atoms with Gasteiger partial charge in [-0.1, -0.05) is 17.9 Å². The quantitative estimate of drug-likeness (QED) is 0.732. The van der Waals surface area contributed by atoms with Crippen LogP contribution in [0.3, 0.4) is 0 Å². The van der Waals surface area contributed by atoms with E-state index < -0.39 is 19.9 Å². The molecule has 0 saturated carbocycles. The number of hydrogen-bond donors (Lipinski definition) is 1. The monoisotopic (exact) mass is 328 g/mol. The Labute approximate surface area is 124 Å². The fourth-order valence-electron chi connectivity index (χ4n) is 1.97. The number of sulfonamides is 1. The van der Waals surface area contributed by atoms with Gasteiger partial charge in [0.15, 0.2) is 9.84 Å². The zero-order chi connectivity index (χ0) is 15.5. The molecule has 1 aliphatic rings. The summed E-state index contributed by atoms with van der Waals surface area (Å²) in [5, 5.41) is 0. The molecular formula is C13H16N2O4S2. The van der Waals surface area contributed by atoms with Gasteiger partial charge in [-0.3, -0.25) is 0 Å². The van der Waals surface area contributed by atoms with Crippen molar-refractivity contribution in [2.75, 3.05) is 31.1 Å².